The number of pyridine rings is 1. The molecule has 0 spiro atoms. The second-order valence-corrected chi connectivity index (χ2v) is 4.23. The average Bonchev–Trinajstić information content (AvgIpc) is 2.29. The van der Waals surface area contributed by atoms with E-state index < -0.39 is 0 Å². The number of rotatable bonds is 6. The number of anilines is 1. The molecule has 0 radical (unpaired) electrons. The number of aromatic nitrogens is 1. The van der Waals surface area contributed by atoms with Gasteiger partial charge < -0.3 is 10.6 Å². The Morgan fingerprint density at radius 3 is 2.72 bits per heavy atom. The SMILES string of the molecule is Cc1cccc(NC(=O)CCNC(=O)CCS)n1. The highest BCUT2D eigenvalue weighted by atomic mass is 32.1. The Kier molecular flexibility index (Phi) is 6.21. The van der Waals surface area contributed by atoms with Crippen LogP contribution in [0.1, 0.15) is 18.5 Å². The maximum absolute atomic E-state index is 11.5. The summed E-state index contributed by atoms with van der Waals surface area (Å²) in [6, 6.07) is 5.41. The molecule has 5 nitrogen and oxygen atoms in total. The molecule has 0 unspecified atom stereocenters. The number of carbonyl (C=O) groups excluding carboxylic acids is 2. The van der Waals surface area contributed by atoms with E-state index in [1.807, 2.05) is 19.1 Å². The molecule has 0 saturated heterocycles. The number of nitrogens with zero attached hydrogens (tertiary/aromatic N) is 1. The molecule has 2 amide bonds. The molecule has 1 heterocycles. The van der Waals surface area contributed by atoms with Crippen molar-refractivity contribution >= 4 is 30.3 Å². The van der Waals surface area contributed by atoms with Crippen molar-refractivity contribution < 1.29 is 9.59 Å². The van der Waals surface area contributed by atoms with Gasteiger partial charge in [0, 0.05) is 25.1 Å². The number of hydrogen-bond donors (Lipinski definition) is 3. The first-order valence-corrected chi connectivity index (χ1v) is 6.36. The van der Waals surface area contributed by atoms with Gasteiger partial charge in [-0.05, 0) is 24.8 Å². The first kappa shape index (κ1) is 14.5. The monoisotopic (exact) mass is 267 g/mol. The summed E-state index contributed by atoms with van der Waals surface area (Å²) in [6.07, 6.45) is 0.595. The highest BCUT2D eigenvalue weighted by molar-refractivity contribution is 7.80. The Labute approximate surface area is 112 Å². The highest BCUT2D eigenvalue weighted by Crippen LogP contribution is 2.03. The summed E-state index contributed by atoms with van der Waals surface area (Å²) in [5, 5.41) is 5.31. The Morgan fingerprint density at radius 2 is 2.06 bits per heavy atom. The van der Waals surface area contributed by atoms with Crippen molar-refractivity contribution in [2.75, 3.05) is 17.6 Å². The molecule has 0 aliphatic rings. The fraction of sp³-hybridized carbons (Fsp3) is 0.417. The van der Waals surface area contributed by atoms with Crippen LogP contribution in [0.2, 0.25) is 0 Å². The summed E-state index contributed by atoms with van der Waals surface area (Å²) in [5.74, 6) is 0.776. The fourth-order valence-corrected chi connectivity index (χ4v) is 1.53. The topological polar surface area (TPSA) is 71.1 Å². The number of nitrogens with one attached hydrogen (secondary N) is 2. The summed E-state index contributed by atoms with van der Waals surface area (Å²) in [7, 11) is 0. The number of amides is 2. The summed E-state index contributed by atoms with van der Waals surface area (Å²) in [6.45, 7) is 2.18. The lowest BCUT2D eigenvalue weighted by atomic mass is 10.3. The van der Waals surface area contributed by atoms with E-state index in [1.165, 1.54) is 0 Å². The van der Waals surface area contributed by atoms with Gasteiger partial charge in [-0.1, -0.05) is 6.07 Å². The van der Waals surface area contributed by atoms with E-state index in [9.17, 15) is 9.59 Å². The van der Waals surface area contributed by atoms with Gasteiger partial charge in [-0.3, -0.25) is 9.59 Å². The van der Waals surface area contributed by atoms with E-state index in [0.717, 1.165) is 5.69 Å². The molecular weight excluding hydrogens is 250 g/mol. The third kappa shape index (κ3) is 5.67. The summed E-state index contributed by atoms with van der Waals surface area (Å²) in [5.41, 5.74) is 0.842. The quantitative estimate of drug-likeness (QED) is 0.677. The van der Waals surface area contributed by atoms with Crippen LogP contribution in [0.15, 0.2) is 18.2 Å². The highest BCUT2D eigenvalue weighted by Gasteiger charge is 2.04. The molecule has 0 bridgehead atoms. The van der Waals surface area contributed by atoms with Crippen LogP contribution in [0, 0.1) is 6.92 Å². The lowest BCUT2D eigenvalue weighted by Gasteiger charge is -2.06. The van der Waals surface area contributed by atoms with Gasteiger partial charge in [0.25, 0.3) is 0 Å². The molecule has 0 aliphatic carbocycles. The van der Waals surface area contributed by atoms with Crippen LogP contribution in [-0.2, 0) is 9.59 Å². The Morgan fingerprint density at radius 1 is 1.28 bits per heavy atom. The summed E-state index contributed by atoms with van der Waals surface area (Å²) >= 11 is 3.95. The van der Waals surface area contributed by atoms with Crippen molar-refractivity contribution in [3.63, 3.8) is 0 Å². The minimum absolute atomic E-state index is 0.0912. The van der Waals surface area contributed by atoms with Gasteiger partial charge >= 0.3 is 0 Å². The average molecular weight is 267 g/mol. The minimum atomic E-state index is -0.167. The summed E-state index contributed by atoms with van der Waals surface area (Å²) in [4.78, 5) is 26.8. The number of aryl methyl sites for hydroxylation is 1. The Balaban J connectivity index is 2.28. The van der Waals surface area contributed by atoms with Crippen LogP contribution < -0.4 is 10.6 Å². The molecule has 0 aliphatic heterocycles. The van der Waals surface area contributed by atoms with Crippen LogP contribution in [-0.4, -0.2) is 29.1 Å². The van der Waals surface area contributed by atoms with Crippen LogP contribution >= 0.6 is 12.6 Å². The molecule has 0 atom stereocenters. The predicted molar refractivity (Wildman–Crippen MR) is 73.7 cm³/mol. The zero-order chi connectivity index (χ0) is 13.4. The zero-order valence-corrected chi connectivity index (χ0v) is 11.2. The number of thiol groups is 1. The van der Waals surface area contributed by atoms with Crippen molar-refractivity contribution in [2.45, 2.75) is 19.8 Å². The van der Waals surface area contributed by atoms with Gasteiger partial charge in [-0.15, -0.1) is 0 Å². The van der Waals surface area contributed by atoms with Gasteiger partial charge in [0.05, 0.1) is 0 Å². The van der Waals surface area contributed by atoms with Gasteiger partial charge in [-0.2, -0.15) is 12.6 Å². The molecule has 1 rings (SSSR count). The molecule has 1 aromatic heterocycles. The molecular formula is C12H17N3O2S. The molecule has 0 fully saturated rings. The number of hydrogen-bond acceptors (Lipinski definition) is 4. The van der Waals surface area contributed by atoms with Crippen molar-refractivity contribution in [3.05, 3.63) is 23.9 Å². The normalized spacial score (nSPS) is 9.89. The standard InChI is InChI=1S/C12H17N3O2S/c1-9-3-2-4-10(14-9)15-12(17)5-7-13-11(16)6-8-18/h2-4,18H,5-8H2,1H3,(H,13,16)(H,14,15,17). The maximum atomic E-state index is 11.5. The first-order valence-electron chi connectivity index (χ1n) is 5.73. The maximum Gasteiger partial charge on any atom is 0.227 e. The van der Waals surface area contributed by atoms with Crippen LogP contribution in [0.5, 0.6) is 0 Å². The van der Waals surface area contributed by atoms with Crippen LogP contribution in [0.3, 0.4) is 0 Å². The smallest absolute Gasteiger partial charge is 0.227 e. The number of carbonyl (C=O) groups is 2. The second kappa shape index (κ2) is 7.71. The third-order valence-corrected chi connectivity index (χ3v) is 2.39. The van der Waals surface area contributed by atoms with Crippen molar-refractivity contribution in [1.82, 2.24) is 10.3 Å². The van der Waals surface area contributed by atoms with E-state index in [1.54, 1.807) is 6.07 Å². The van der Waals surface area contributed by atoms with Crippen molar-refractivity contribution in [2.24, 2.45) is 0 Å². The fourth-order valence-electron chi connectivity index (χ4n) is 1.32. The van der Waals surface area contributed by atoms with E-state index >= 15 is 0 Å². The molecule has 0 aromatic carbocycles. The molecule has 98 valence electrons. The molecule has 0 saturated carbocycles. The van der Waals surface area contributed by atoms with E-state index in [0.29, 0.717) is 24.5 Å². The van der Waals surface area contributed by atoms with Crippen molar-refractivity contribution in [3.8, 4) is 0 Å². The van der Waals surface area contributed by atoms with E-state index in [2.05, 4.69) is 28.2 Å². The first-order chi connectivity index (χ1) is 8.61. The molecule has 6 heteroatoms. The molecule has 18 heavy (non-hydrogen) atoms. The van der Waals surface area contributed by atoms with Crippen molar-refractivity contribution in [1.29, 1.82) is 0 Å². The van der Waals surface area contributed by atoms with Gasteiger partial charge in [0.1, 0.15) is 5.82 Å². The molecule has 2 N–H and O–H groups in total. The van der Waals surface area contributed by atoms with Gasteiger partial charge in [-0.25, -0.2) is 4.98 Å². The lowest BCUT2D eigenvalue weighted by Crippen LogP contribution is -2.27. The van der Waals surface area contributed by atoms with Gasteiger partial charge in [0.15, 0.2) is 0 Å². The van der Waals surface area contributed by atoms with Crippen LogP contribution in [0.25, 0.3) is 0 Å². The minimum Gasteiger partial charge on any atom is -0.356 e. The largest absolute Gasteiger partial charge is 0.356 e. The Hall–Kier alpha value is -1.56. The molecule has 1 aromatic rings. The Bertz CT molecular complexity index is 424. The van der Waals surface area contributed by atoms with E-state index in [-0.39, 0.29) is 18.2 Å². The van der Waals surface area contributed by atoms with Gasteiger partial charge in [0.2, 0.25) is 11.8 Å². The zero-order valence-electron chi connectivity index (χ0n) is 10.3. The third-order valence-electron chi connectivity index (χ3n) is 2.17. The van der Waals surface area contributed by atoms with E-state index in [4.69, 9.17) is 0 Å². The summed E-state index contributed by atoms with van der Waals surface area (Å²) < 4.78 is 0. The lowest BCUT2D eigenvalue weighted by molar-refractivity contribution is -0.120. The van der Waals surface area contributed by atoms with Crippen LogP contribution in [0.4, 0.5) is 5.82 Å². The predicted octanol–water partition coefficient (Wildman–Crippen LogP) is 1.15. The second-order valence-electron chi connectivity index (χ2n) is 3.79.